The molecule has 1 aliphatic heterocycles. The molecule has 200 valence electrons. The van der Waals surface area contributed by atoms with E-state index >= 15 is 0 Å². The first-order valence-electron chi connectivity index (χ1n) is 11.7. The highest BCUT2D eigenvalue weighted by Crippen LogP contribution is 2.29. The van der Waals surface area contributed by atoms with Crippen LogP contribution in [-0.4, -0.2) is 57.3 Å². The molecule has 3 N–H and O–H groups in total. The molecule has 11 nitrogen and oxygen atoms in total. The van der Waals surface area contributed by atoms with E-state index in [0.717, 1.165) is 6.92 Å². The first-order valence-corrected chi connectivity index (χ1v) is 12.1. The van der Waals surface area contributed by atoms with Crippen LogP contribution >= 0.6 is 11.6 Å². The molecule has 12 heteroatoms. The smallest absolute Gasteiger partial charge is 0.337 e. The summed E-state index contributed by atoms with van der Waals surface area (Å²) in [6.45, 7) is 0.436. The lowest BCUT2D eigenvalue weighted by Gasteiger charge is -2.29. The van der Waals surface area contributed by atoms with Gasteiger partial charge in [-0.3, -0.25) is 24.2 Å². The van der Waals surface area contributed by atoms with E-state index in [0.29, 0.717) is 16.3 Å². The Bertz CT molecular complexity index is 1460. The van der Waals surface area contributed by atoms with Crippen molar-refractivity contribution in [3.8, 4) is 0 Å². The summed E-state index contributed by atoms with van der Waals surface area (Å²) in [5.74, 6) is -3.62. The molecule has 2 aromatic carbocycles. The molecule has 0 aliphatic carbocycles. The molecule has 1 atom stereocenters. The van der Waals surface area contributed by atoms with Crippen LogP contribution in [0.1, 0.15) is 38.9 Å². The SMILES string of the molecule is CC(=O)OCC(=O)Nc1cc(CN2C(=O)c3ccc(Cl)cc3NC(=O)[C@H]2Cc2ccccn2)ccc1C(=O)O. The predicted octanol–water partition coefficient (Wildman–Crippen LogP) is 3.14. The molecule has 2 heterocycles. The number of carboxylic acid groups (broad SMARTS) is 1. The topological polar surface area (TPSA) is 155 Å². The molecule has 0 fully saturated rings. The van der Waals surface area contributed by atoms with Gasteiger partial charge in [-0.15, -0.1) is 0 Å². The maximum absolute atomic E-state index is 13.7. The molecule has 1 aromatic heterocycles. The number of fused-ring (bicyclic) bond motifs is 1. The number of rotatable bonds is 8. The molecule has 0 saturated carbocycles. The molecule has 0 saturated heterocycles. The Balaban J connectivity index is 1.71. The number of benzene rings is 2. The number of ether oxygens (including phenoxy) is 1. The fourth-order valence-electron chi connectivity index (χ4n) is 4.09. The van der Waals surface area contributed by atoms with E-state index < -0.39 is 42.3 Å². The van der Waals surface area contributed by atoms with E-state index in [1.807, 2.05) is 0 Å². The highest BCUT2D eigenvalue weighted by molar-refractivity contribution is 6.31. The summed E-state index contributed by atoms with van der Waals surface area (Å²) < 4.78 is 4.67. The summed E-state index contributed by atoms with van der Waals surface area (Å²) in [4.78, 5) is 67.8. The average Bonchev–Trinajstić information content (AvgIpc) is 2.98. The van der Waals surface area contributed by atoms with Crippen LogP contribution in [0.2, 0.25) is 5.02 Å². The summed E-state index contributed by atoms with van der Waals surface area (Å²) in [5, 5.41) is 15.1. The van der Waals surface area contributed by atoms with Crippen molar-refractivity contribution >= 4 is 52.6 Å². The molecule has 0 bridgehead atoms. The van der Waals surface area contributed by atoms with Crippen molar-refractivity contribution in [1.29, 1.82) is 0 Å². The lowest BCUT2D eigenvalue weighted by molar-refractivity contribution is -0.144. The molecular weight excluding hydrogens is 528 g/mol. The van der Waals surface area contributed by atoms with Gasteiger partial charge in [-0.05, 0) is 48.0 Å². The Kier molecular flexibility index (Phi) is 8.21. The first-order chi connectivity index (χ1) is 18.6. The van der Waals surface area contributed by atoms with Gasteiger partial charge in [0.2, 0.25) is 5.91 Å². The zero-order chi connectivity index (χ0) is 28.1. The Hall–Kier alpha value is -4.77. The van der Waals surface area contributed by atoms with Crippen LogP contribution in [0, 0.1) is 0 Å². The van der Waals surface area contributed by atoms with Gasteiger partial charge in [-0.1, -0.05) is 23.7 Å². The van der Waals surface area contributed by atoms with Crippen molar-refractivity contribution in [3.05, 3.63) is 88.2 Å². The van der Waals surface area contributed by atoms with E-state index in [1.165, 1.54) is 35.2 Å². The minimum Gasteiger partial charge on any atom is -0.478 e. The van der Waals surface area contributed by atoms with Crippen LogP contribution < -0.4 is 10.6 Å². The van der Waals surface area contributed by atoms with E-state index in [1.54, 1.807) is 30.5 Å². The van der Waals surface area contributed by atoms with Gasteiger partial charge in [0.15, 0.2) is 6.61 Å². The number of nitrogens with zero attached hydrogens (tertiary/aromatic N) is 2. The number of hydrogen-bond donors (Lipinski definition) is 3. The zero-order valence-corrected chi connectivity index (χ0v) is 21.4. The third-order valence-electron chi connectivity index (χ3n) is 5.89. The van der Waals surface area contributed by atoms with E-state index in [4.69, 9.17) is 11.6 Å². The Labute approximate surface area is 227 Å². The van der Waals surface area contributed by atoms with Gasteiger partial charge in [0.25, 0.3) is 11.8 Å². The fraction of sp³-hybridized carbons (Fsp3) is 0.185. The number of carbonyl (C=O) groups is 5. The Morgan fingerprint density at radius 1 is 1.13 bits per heavy atom. The van der Waals surface area contributed by atoms with Crippen molar-refractivity contribution in [2.24, 2.45) is 0 Å². The highest BCUT2D eigenvalue weighted by Gasteiger charge is 2.36. The van der Waals surface area contributed by atoms with Gasteiger partial charge in [0.1, 0.15) is 6.04 Å². The second-order valence-corrected chi connectivity index (χ2v) is 9.10. The number of hydrogen-bond acceptors (Lipinski definition) is 7. The third-order valence-corrected chi connectivity index (χ3v) is 6.12. The lowest BCUT2D eigenvalue weighted by Crippen LogP contribution is -2.46. The van der Waals surface area contributed by atoms with Crippen molar-refractivity contribution < 1.29 is 33.8 Å². The van der Waals surface area contributed by atoms with Gasteiger partial charge < -0.3 is 25.4 Å². The number of aromatic nitrogens is 1. The largest absolute Gasteiger partial charge is 0.478 e. The van der Waals surface area contributed by atoms with Crippen molar-refractivity contribution in [2.45, 2.75) is 25.9 Å². The predicted molar refractivity (Wildman–Crippen MR) is 140 cm³/mol. The van der Waals surface area contributed by atoms with Gasteiger partial charge in [-0.2, -0.15) is 0 Å². The normalized spacial score (nSPS) is 14.6. The van der Waals surface area contributed by atoms with E-state index in [-0.39, 0.29) is 35.5 Å². The summed E-state index contributed by atoms with van der Waals surface area (Å²) in [6, 6.07) is 13.0. The molecule has 0 spiro atoms. The lowest BCUT2D eigenvalue weighted by atomic mass is 10.0. The number of carbonyl (C=O) groups excluding carboxylic acids is 4. The minimum atomic E-state index is -1.30. The summed E-state index contributed by atoms with van der Waals surface area (Å²) in [6.07, 6.45) is 1.69. The summed E-state index contributed by atoms with van der Waals surface area (Å²) in [5.41, 5.74) is 1.25. The third kappa shape index (κ3) is 6.57. The van der Waals surface area contributed by atoms with Gasteiger partial charge >= 0.3 is 11.9 Å². The van der Waals surface area contributed by atoms with Crippen molar-refractivity contribution in [1.82, 2.24) is 9.88 Å². The Morgan fingerprint density at radius 3 is 2.62 bits per heavy atom. The van der Waals surface area contributed by atoms with E-state index in [9.17, 15) is 29.1 Å². The molecule has 3 amide bonds. The summed E-state index contributed by atoms with van der Waals surface area (Å²) >= 11 is 6.10. The van der Waals surface area contributed by atoms with Crippen LogP contribution in [0.5, 0.6) is 0 Å². The second kappa shape index (κ2) is 11.7. The second-order valence-electron chi connectivity index (χ2n) is 8.67. The van der Waals surface area contributed by atoms with Crippen LogP contribution in [0.15, 0.2) is 60.8 Å². The number of nitrogens with one attached hydrogen (secondary N) is 2. The summed E-state index contributed by atoms with van der Waals surface area (Å²) in [7, 11) is 0. The van der Waals surface area contributed by atoms with Crippen LogP contribution in [0.25, 0.3) is 0 Å². The first kappa shape index (κ1) is 27.3. The van der Waals surface area contributed by atoms with Crippen LogP contribution in [0.4, 0.5) is 11.4 Å². The van der Waals surface area contributed by atoms with E-state index in [2.05, 4.69) is 20.4 Å². The maximum Gasteiger partial charge on any atom is 0.337 e. The molecule has 0 radical (unpaired) electrons. The number of anilines is 2. The highest BCUT2D eigenvalue weighted by atomic mass is 35.5. The molecular formula is C27H23ClN4O7. The molecule has 39 heavy (non-hydrogen) atoms. The van der Waals surface area contributed by atoms with Gasteiger partial charge in [-0.25, -0.2) is 4.79 Å². The Morgan fingerprint density at radius 2 is 1.92 bits per heavy atom. The monoisotopic (exact) mass is 550 g/mol. The van der Waals surface area contributed by atoms with Crippen molar-refractivity contribution in [2.75, 3.05) is 17.2 Å². The molecule has 1 aliphatic rings. The maximum atomic E-state index is 13.7. The molecule has 4 rings (SSSR count). The average molecular weight is 551 g/mol. The fourth-order valence-corrected chi connectivity index (χ4v) is 4.26. The number of halogens is 1. The number of pyridine rings is 1. The number of aromatic carboxylic acids is 1. The quantitative estimate of drug-likeness (QED) is 0.361. The van der Waals surface area contributed by atoms with Crippen LogP contribution in [-0.2, 0) is 32.1 Å². The zero-order valence-electron chi connectivity index (χ0n) is 20.6. The van der Waals surface area contributed by atoms with Gasteiger partial charge in [0, 0.05) is 36.8 Å². The van der Waals surface area contributed by atoms with Gasteiger partial charge in [0.05, 0.1) is 22.5 Å². The minimum absolute atomic E-state index is 0.0580. The van der Waals surface area contributed by atoms with Crippen LogP contribution in [0.3, 0.4) is 0 Å². The number of carboxylic acids is 1. The van der Waals surface area contributed by atoms with Crippen molar-refractivity contribution in [3.63, 3.8) is 0 Å². The standard InChI is InChI=1S/C27H23ClN4O7/c1-15(33)39-14-24(34)30-21-10-16(5-7-20(21)27(37)38)13-32-23(12-18-4-2-3-9-29-18)25(35)31-22-11-17(28)6-8-19(22)26(32)36/h2-11,23H,12-14H2,1H3,(H,30,34)(H,31,35)(H,37,38)/t23-/m1/s1. The molecule has 0 unspecified atom stereocenters. The number of esters is 1. The number of amides is 3. The molecule has 3 aromatic rings.